The molecule has 1 N–H and O–H groups in total. The third-order valence-corrected chi connectivity index (χ3v) is 10.8. The molecule has 0 spiro atoms. The van der Waals surface area contributed by atoms with E-state index in [2.05, 4.69) is 116 Å². The van der Waals surface area contributed by atoms with Crippen molar-refractivity contribution in [2.45, 2.75) is 78.7 Å². The smallest absolute Gasteiger partial charge is 0.298 e. The van der Waals surface area contributed by atoms with Gasteiger partial charge < -0.3 is 19.3 Å². The fraction of sp³-hybridized carbons (Fsp3) is 0.311. The highest BCUT2D eigenvalue weighted by molar-refractivity contribution is 5.53. The van der Waals surface area contributed by atoms with Gasteiger partial charge in [-0.3, -0.25) is 4.79 Å². The van der Waals surface area contributed by atoms with Crippen LogP contribution in [-0.4, -0.2) is 23.8 Å². The average Bonchev–Trinajstić information content (AvgIpc) is 3.09. The van der Waals surface area contributed by atoms with Gasteiger partial charge in [0.05, 0.1) is 6.61 Å². The molecule has 0 amide bonds. The van der Waals surface area contributed by atoms with Gasteiger partial charge in [-0.25, -0.2) is 0 Å². The van der Waals surface area contributed by atoms with E-state index in [1.165, 1.54) is 5.56 Å². The Balaban J connectivity index is 1.31. The maximum atomic E-state index is 10.9. The van der Waals surface area contributed by atoms with Gasteiger partial charge in [-0.15, -0.1) is 0 Å². The van der Waals surface area contributed by atoms with Gasteiger partial charge in [0.15, 0.2) is 0 Å². The molecule has 0 aliphatic rings. The third kappa shape index (κ3) is 7.28. The van der Waals surface area contributed by atoms with Crippen molar-refractivity contribution in [2.24, 2.45) is 5.41 Å². The number of benzene rings is 5. The lowest BCUT2D eigenvalue weighted by atomic mass is 9.71. The number of ether oxygens (including phenoxy) is 3. The molecule has 0 aliphatic carbocycles. The summed E-state index contributed by atoms with van der Waals surface area (Å²) in [5.41, 5.74) is 6.04. The average molecular weight is 671 g/mol. The van der Waals surface area contributed by atoms with Gasteiger partial charge in [0.25, 0.3) is 6.47 Å². The number of aromatic hydroxyl groups is 1. The Bertz CT molecular complexity index is 1920. The van der Waals surface area contributed by atoms with Gasteiger partial charge in [0.1, 0.15) is 28.6 Å². The van der Waals surface area contributed by atoms with Crippen LogP contribution < -0.4 is 14.2 Å². The molecule has 5 aromatic rings. The minimum Gasteiger partial charge on any atom is -0.508 e. The lowest BCUT2D eigenvalue weighted by Gasteiger charge is -2.41. The summed E-state index contributed by atoms with van der Waals surface area (Å²) in [5.74, 6) is 2.46. The Hall–Kier alpha value is -5.03. The van der Waals surface area contributed by atoms with Crippen LogP contribution in [0.15, 0.2) is 115 Å². The molecule has 0 fully saturated rings. The number of phenolic OH excluding ortho intramolecular Hbond substituents is 1. The van der Waals surface area contributed by atoms with Crippen molar-refractivity contribution in [1.82, 2.24) is 0 Å². The minimum absolute atomic E-state index is 0.235. The molecule has 0 aliphatic heterocycles. The van der Waals surface area contributed by atoms with Crippen LogP contribution in [0.3, 0.4) is 0 Å². The monoisotopic (exact) mass is 670 g/mol. The number of carbonyl (C=O) groups excluding carboxylic acids is 1. The van der Waals surface area contributed by atoms with Crippen LogP contribution in [0.4, 0.5) is 0 Å². The van der Waals surface area contributed by atoms with E-state index >= 15 is 0 Å². The second-order valence-electron chi connectivity index (χ2n) is 15.1. The first-order valence-corrected chi connectivity index (χ1v) is 17.2. The van der Waals surface area contributed by atoms with Crippen molar-refractivity contribution in [3.63, 3.8) is 0 Å². The Labute approximate surface area is 297 Å². The molecule has 0 aromatic heterocycles. The molecule has 5 rings (SSSR count). The summed E-state index contributed by atoms with van der Waals surface area (Å²) in [7, 11) is 0. The van der Waals surface area contributed by atoms with E-state index in [0.29, 0.717) is 24.6 Å². The third-order valence-electron chi connectivity index (χ3n) is 10.8. The summed E-state index contributed by atoms with van der Waals surface area (Å²) in [6, 6.07) is 38.6. The summed E-state index contributed by atoms with van der Waals surface area (Å²) in [4.78, 5) is 10.9. The predicted octanol–water partition coefficient (Wildman–Crippen LogP) is 10.5. The second-order valence-corrected chi connectivity index (χ2v) is 15.1. The molecular weight excluding hydrogens is 620 g/mol. The Morgan fingerprint density at radius 2 is 1.10 bits per heavy atom. The van der Waals surface area contributed by atoms with E-state index in [4.69, 9.17) is 14.2 Å². The molecule has 1 atom stereocenters. The van der Waals surface area contributed by atoms with Gasteiger partial charge in [-0.05, 0) is 110 Å². The number of carbonyl (C=O) groups is 1. The molecule has 5 nitrogen and oxygen atoms in total. The maximum absolute atomic E-state index is 10.9. The lowest BCUT2D eigenvalue weighted by molar-refractivity contribution is -0.120. The first kappa shape index (κ1) is 36.3. The SMILES string of the molecule is Cc1cc(C(C)(C)c2ccc(OCC(C)(C)C(C)(C)Oc3ccc(C(C)(c4ccccc4)c4ccc(OC=O)cc4)cc3)c(C)c2)ccc1O. The first-order valence-electron chi connectivity index (χ1n) is 17.2. The van der Waals surface area contributed by atoms with Crippen LogP contribution >= 0.6 is 0 Å². The topological polar surface area (TPSA) is 65.0 Å². The quantitative estimate of drug-likeness (QED) is 0.0998. The summed E-state index contributed by atoms with van der Waals surface area (Å²) in [5, 5.41) is 10.0. The van der Waals surface area contributed by atoms with Crippen LogP contribution in [0.2, 0.25) is 0 Å². The van der Waals surface area contributed by atoms with Crippen LogP contribution in [0.1, 0.15) is 87.4 Å². The predicted molar refractivity (Wildman–Crippen MR) is 202 cm³/mol. The van der Waals surface area contributed by atoms with E-state index in [1.54, 1.807) is 6.07 Å². The zero-order chi connectivity index (χ0) is 36.3. The first-order chi connectivity index (χ1) is 23.6. The Morgan fingerprint density at radius 3 is 1.64 bits per heavy atom. The van der Waals surface area contributed by atoms with Crippen molar-refractivity contribution in [2.75, 3.05) is 6.61 Å². The molecule has 5 aromatic carbocycles. The van der Waals surface area contributed by atoms with Gasteiger partial charge in [-0.2, -0.15) is 0 Å². The van der Waals surface area contributed by atoms with Crippen molar-refractivity contribution < 1.29 is 24.1 Å². The summed E-state index contributed by atoms with van der Waals surface area (Å²) >= 11 is 0. The van der Waals surface area contributed by atoms with Crippen molar-refractivity contribution >= 4 is 6.47 Å². The van der Waals surface area contributed by atoms with E-state index in [-0.39, 0.29) is 10.8 Å². The molecule has 0 radical (unpaired) electrons. The van der Waals surface area contributed by atoms with Crippen LogP contribution in [-0.2, 0) is 15.6 Å². The van der Waals surface area contributed by atoms with Crippen LogP contribution in [0, 0.1) is 19.3 Å². The zero-order valence-electron chi connectivity index (χ0n) is 30.8. The van der Waals surface area contributed by atoms with E-state index in [9.17, 15) is 9.90 Å². The zero-order valence-corrected chi connectivity index (χ0v) is 30.8. The van der Waals surface area contributed by atoms with Gasteiger partial charge in [0, 0.05) is 16.2 Å². The molecular formula is C45H50O5. The minimum atomic E-state index is -0.557. The van der Waals surface area contributed by atoms with Crippen molar-refractivity contribution in [1.29, 1.82) is 0 Å². The molecule has 0 saturated heterocycles. The molecule has 260 valence electrons. The maximum Gasteiger partial charge on any atom is 0.298 e. The van der Waals surface area contributed by atoms with E-state index < -0.39 is 11.0 Å². The fourth-order valence-electron chi connectivity index (χ4n) is 6.33. The van der Waals surface area contributed by atoms with Gasteiger partial charge in [0.2, 0.25) is 0 Å². The highest BCUT2D eigenvalue weighted by Gasteiger charge is 2.40. The van der Waals surface area contributed by atoms with Gasteiger partial charge >= 0.3 is 0 Å². The van der Waals surface area contributed by atoms with Crippen LogP contribution in [0.5, 0.6) is 23.0 Å². The molecule has 0 saturated carbocycles. The van der Waals surface area contributed by atoms with E-state index in [1.807, 2.05) is 55.5 Å². The summed E-state index contributed by atoms with van der Waals surface area (Å²) < 4.78 is 18.2. The number of hydrogen-bond donors (Lipinski definition) is 1. The molecule has 50 heavy (non-hydrogen) atoms. The highest BCUT2D eigenvalue weighted by atomic mass is 16.5. The number of phenols is 1. The largest absolute Gasteiger partial charge is 0.508 e. The lowest BCUT2D eigenvalue weighted by Crippen LogP contribution is -2.47. The standard InChI is InChI=1S/C45H50O5/c1-31-27-36(19-25-40(31)47)43(5,6)37-20-26-41(32(2)28-37)48-29-42(3,4)44(7,8)50-39-23-17-35(18-24-39)45(9,33-13-11-10-12-14-33)34-15-21-38(22-16-34)49-30-46/h10-28,30,47H,29H2,1-9H3. The van der Waals surface area contributed by atoms with Gasteiger partial charge in [-0.1, -0.05) is 107 Å². The molecule has 5 heteroatoms. The molecule has 0 heterocycles. The highest BCUT2D eigenvalue weighted by Crippen LogP contribution is 2.42. The Morgan fingerprint density at radius 1 is 0.600 bits per heavy atom. The number of hydrogen-bond acceptors (Lipinski definition) is 5. The summed E-state index contributed by atoms with van der Waals surface area (Å²) in [6.45, 7) is 20.1. The fourth-order valence-corrected chi connectivity index (χ4v) is 6.33. The Kier molecular flexibility index (Phi) is 10.2. The molecule has 0 bridgehead atoms. The summed E-state index contributed by atoms with van der Waals surface area (Å²) in [6.07, 6.45) is 0. The molecule has 1 unspecified atom stereocenters. The van der Waals surface area contributed by atoms with Crippen LogP contribution in [0.25, 0.3) is 0 Å². The van der Waals surface area contributed by atoms with Crippen molar-refractivity contribution in [3.8, 4) is 23.0 Å². The van der Waals surface area contributed by atoms with E-state index in [0.717, 1.165) is 44.9 Å². The normalized spacial score (nSPS) is 13.3. The second kappa shape index (κ2) is 14.1. The van der Waals surface area contributed by atoms with Crippen molar-refractivity contribution in [3.05, 3.63) is 154 Å². The number of rotatable bonds is 13. The number of aryl methyl sites for hydroxylation is 2.